The maximum atomic E-state index is 11.4. The van der Waals surface area contributed by atoms with E-state index in [1.54, 1.807) is 31.2 Å². The lowest BCUT2D eigenvalue weighted by molar-refractivity contribution is -0.119. The maximum absolute atomic E-state index is 11.4. The van der Waals surface area contributed by atoms with Gasteiger partial charge in [0, 0.05) is 18.4 Å². The van der Waals surface area contributed by atoms with Crippen LogP contribution >= 0.6 is 11.3 Å². The van der Waals surface area contributed by atoms with Crippen molar-refractivity contribution >= 4 is 28.9 Å². The second-order valence-corrected chi connectivity index (χ2v) is 5.30. The number of thiazole rings is 1. The number of nitrogens with zero attached hydrogens (tertiary/aromatic N) is 1. The van der Waals surface area contributed by atoms with Crippen LogP contribution in [0, 0.1) is 6.92 Å². The van der Waals surface area contributed by atoms with Gasteiger partial charge in [-0.1, -0.05) is 0 Å². The van der Waals surface area contributed by atoms with Crippen molar-refractivity contribution in [1.82, 2.24) is 4.98 Å². The molecule has 0 aliphatic heterocycles. The van der Waals surface area contributed by atoms with Crippen molar-refractivity contribution in [2.24, 2.45) is 0 Å². The fourth-order valence-electron chi connectivity index (χ4n) is 1.74. The number of aromatic nitrogens is 1. The average Bonchev–Trinajstić information content (AvgIpc) is 2.82. The van der Waals surface area contributed by atoms with E-state index in [0.717, 1.165) is 16.9 Å². The number of carbonyl (C=O) groups excluding carboxylic acids is 1. The highest BCUT2D eigenvalue weighted by Crippen LogP contribution is 2.28. The SMILES string of the molecule is COCC(=O)Nc1ccc(-c2nc(C)c(C(=O)O)s2)cc1. The molecule has 21 heavy (non-hydrogen) atoms. The summed E-state index contributed by atoms with van der Waals surface area (Å²) in [4.78, 5) is 26.9. The molecule has 0 spiro atoms. The molecule has 0 saturated heterocycles. The van der Waals surface area contributed by atoms with Crippen molar-refractivity contribution in [2.45, 2.75) is 6.92 Å². The number of carboxylic acids is 1. The van der Waals surface area contributed by atoms with Crippen molar-refractivity contribution in [3.63, 3.8) is 0 Å². The van der Waals surface area contributed by atoms with Gasteiger partial charge >= 0.3 is 5.97 Å². The average molecular weight is 306 g/mol. The minimum Gasteiger partial charge on any atom is -0.477 e. The molecule has 0 aliphatic rings. The largest absolute Gasteiger partial charge is 0.477 e. The lowest BCUT2D eigenvalue weighted by atomic mass is 10.2. The monoisotopic (exact) mass is 306 g/mol. The Morgan fingerprint density at radius 1 is 1.33 bits per heavy atom. The molecule has 6 nitrogen and oxygen atoms in total. The highest BCUT2D eigenvalue weighted by Gasteiger charge is 2.14. The minimum atomic E-state index is -0.973. The summed E-state index contributed by atoms with van der Waals surface area (Å²) in [7, 11) is 1.45. The van der Waals surface area contributed by atoms with E-state index in [4.69, 9.17) is 9.84 Å². The Hall–Kier alpha value is -2.25. The number of carboxylic acid groups (broad SMARTS) is 1. The predicted octanol–water partition coefficient (Wildman–Crippen LogP) is 2.40. The lowest BCUT2D eigenvalue weighted by Gasteiger charge is -2.04. The van der Waals surface area contributed by atoms with Crippen molar-refractivity contribution in [1.29, 1.82) is 0 Å². The van der Waals surface area contributed by atoms with Crippen molar-refractivity contribution in [3.05, 3.63) is 34.8 Å². The summed E-state index contributed by atoms with van der Waals surface area (Å²) in [6.07, 6.45) is 0. The van der Waals surface area contributed by atoms with Crippen molar-refractivity contribution in [2.75, 3.05) is 19.0 Å². The Morgan fingerprint density at radius 3 is 2.52 bits per heavy atom. The topological polar surface area (TPSA) is 88.5 Å². The molecule has 2 aromatic rings. The number of anilines is 1. The number of carbonyl (C=O) groups is 2. The summed E-state index contributed by atoms with van der Waals surface area (Å²) in [5.74, 6) is -1.21. The molecule has 0 unspecified atom stereocenters. The first-order valence-corrected chi connectivity index (χ1v) is 6.93. The number of ether oxygens (including phenoxy) is 1. The van der Waals surface area contributed by atoms with E-state index < -0.39 is 5.97 Å². The molecule has 0 saturated carbocycles. The van der Waals surface area contributed by atoms with Gasteiger partial charge in [0.15, 0.2) is 0 Å². The van der Waals surface area contributed by atoms with Crippen molar-refractivity contribution in [3.8, 4) is 10.6 Å². The Balaban J connectivity index is 2.17. The molecule has 1 aromatic heterocycles. The first kappa shape index (κ1) is 15.1. The number of hydrogen-bond acceptors (Lipinski definition) is 5. The van der Waals surface area contributed by atoms with E-state index in [0.29, 0.717) is 16.4 Å². The first-order valence-electron chi connectivity index (χ1n) is 6.11. The Labute approximate surface area is 125 Å². The van der Waals surface area contributed by atoms with Gasteiger partial charge in [0.1, 0.15) is 16.5 Å². The van der Waals surface area contributed by atoms with Crippen LogP contribution in [-0.4, -0.2) is 35.7 Å². The third kappa shape index (κ3) is 3.65. The van der Waals surface area contributed by atoms with E-state index in [2.05, 4.69) is 10.3 Å². The summed E-state index contributed by atoms with van der Waals surface area (Å²) in [5.41, 5.74) is 1.95. The molecule has 0 fully saturated rings. The molecule has 2 rings (SSSR count). The Kier molecular flexibility index (Phi) is 4.66. The van der Waals surface area contributed by atoms with E-state index in [1.165, 1.54) is 7.11 Å². The molecule has 0 radical (unpaired) electrons. The van der Waals surface area contributed by atoms with Gasteiger partial charge in [0.25, 0.3) is 0 Å². The standard InChI is InChI=1S/C14H14N2O4S/c1-8-12(14(18)19)21-13(15-8)9-3-5-10(6-4-9)16-11(17)7-20-2/h3-6H,7H2,1-2H3,(H,16,17)(H,18,19). The van der Waals surface area contributed by atoms with Gasteiger partial charge in [-0.25, -0.2) is 9.78 Å². The normalized spacial score (nSPS) is 10.4. The van der Waals surface area contributed by atoms with Crippen LogP contribution in [0.3, 0.4) is 0 Å². The van der Waals surface area contributed by atoms with Crippen LogP contribution in [0.25, 0.3) is 10.6 Å². The van der Waals surface area contributed by atoms with Crippen molar-refractivity contribution < 1.29 is 19.4 Å². The number of nitrogens with one attached hydrogen (secondary N) is 1. The maximum Gasteiger partial charge on any atom is 0.347 e. The van der Waals surface area contributed by atoms with E-state index in [-0.39, 0.29) is 17.4 Å². The van der Waals surface area contributed by atoms with Gasteiger partial charge in [-0.05, 0) is 31.2 Å². The number of aromatic carboxylic acids is 1. The summed E-state index contributed by atoms with van der Waals surface area (Å²) < 4.78 is 4.73. The lowest BCUT2D eigenvalue weighted by Crippen LogP contribution is -2.16. The second kappa shape index (κ2) is 6.47. The zero-order valence-electron chi connectivity index (χ0n) is 11.5. The molecule has 0 atom stereocenters. The van der Waals surface area contributed by atoms with Crippen LogP contribution in [0.5, 0.6) is 0 Å². The van der Waals surface area contributed by atoms with E-state index in [9.17, 15) is 9.59 Å². The minimum absolute atomic E-state index is 0.00457. The van der Waals surface area contributed by atoms with Gasteiger partial charge in [-0.2, -0.15) is 0 Å². The summed E-state index contributed by atoms with van der Waals surface area (Å²) >= 11 is 1.13. The molecule has 1 heterocycles. The smallest absolute Gasteiger partial charge is 0.347 e. The van der Waals surface area contributed by atoms with Crippen LogP contribution < -0.4 is 5.32 Å². The molecule has 110 valence electrons. The molecule has 0 bridgehead atoms. The summed E-state index contributed by atoms with van der Waals surface area (Å²) in [6.45, 7) is 1.66. The quantitative estimate of drug-likeness (QED) is 0.885. The van der Waals surface area contributed by atoms with Crippen LogP contribution in [0.15, 0.2) is 24.3 Å². The third-order valence-corrected chi connectivity index (χ3v) is 3.88. The fraction of sp³-hybridized carbons (Fsp3) is 0.214. The molecular formula is C14H14N2O4S. The number of aryl methyl sites for hydroxylation is 1. The molecule has 2 N–H and O–H groups in total. The number of methoxy groups -OCH3 is 1. The molecule has 1 aromatic carbocycles. The van der Waals surface area contributed by atoms with E-state index in [1.807, 2.05) is 0 Å². The van der Waals surface area contributed by atoms with Crippen LogP contribution in [0.1, 0.15) is 15.4 Å². The summed E-state index contributed by atoms with van der Waals surface area (Å²) in [5, 5.41) is 12.4. The highest BCUT2D eigenvalue weighted by molar-refractivity contribution is 7.17. The Morgan fingerprint density at radius 2 is 2.00 bits per heavy atom. The second-order valence-electron chi connectivity index (χ2n) is 4.30. The molecular weight excluding hydrogens is 292 g/mol. The third-order valence-electron chi connectivity index (χ3n) is 2.68. The van der Waals surface area contributed by atoms with Crippen LogP contribution in [0.2, 0.25) is 0 Å². The number of rotatable bonds is 5. The fourth-order valence-corrected chi connectivity index (χ4v) is 2.65. The zero-order chi connectivity index (χ0) is 15.4. The molecule has 1 amide bonds. The van der Waals surface area contributed by atoms with Gasteiger partial charge < -0.3 is 15.2 Å². The van der Waals surface area contributed by atoms with Gasteiger partial charge in [-0.3, -0.25) is 4.79 Å². The number of amides is 1. The highest BCUT2D eigenvalue weighted by atomic mass is 32.1. The zero-order valence-corrected chi connectivity index (χ0v) is 12.4. The van der Waals surface area contributed by atoms with E-state index >= 15 is 0 Å². The molecule has 7 heteroatoms. The van der Waals surface area contributed by atoms with Gasteiger partial charge in [0.2, 0.25) is 5.91 Å². The summed E-state index contributed by atoms with van der Waals surface area (Å²) in [6, 6.07) is 7.04. The van der Waals surface area contributed by atoms with Crippen LogP contribution in [-0.2, 0) is 9.53 Å². The number of hydrogen-bond donors (Lipinski definition) is 2. The Bertz CT molecular complexity index is 664. The first-order chi connectivity index (χ1) is 10.0. The van der Waals surface area contributed by atoms with Crippen LogP contribution in [0.4, 0.5) is 5.69 Å². The predicted molar refractivity (Wildman–Crippen MR) is 79.8 cm³/mol. The molecule has 0 aliphatic carbocycles. The van der Waals surface area contributed by atoms with Gasteiger partial charge in [-0.15, -0.1) is 11.3 Å². The number of benzene rings is 1. The van der Waals surface area contributed by atoms with Gasteiger partial charge in [0.05, 0.1) is 5.69 Å².